The van der Waals surface area contributed by atoms with Gasteiger partial charge in [0.05, 0.1) is 5.69 Å². The van der Waals surface area contributed by atoms with Gasteiger partial charge in [0.15, 0.2) is 5.13 Å². The number of anilines is 1. The average molecular weight is 417 g/mol. The van der Waals surface area contributed by atoms with Gasteiger partial charge in [-0.1, -0.05) is 78.4 Å². The highest BCUT2D eigenvalue weighted by atomic mass is 32.2. The zero-order chi connectivity index (χ0) is 20.1. The first kappa shape index (κ1) is 19.4. The summed E-state index contributed by atoms with van der Waals surface area (Å²) in [7, 11) is 0. The third-order valence-electron chi connectivity index (χ3n) is 4.42. The van der Waals surface area contributed by atoms with Gasteiger partial charge in [-0.05, 0) is 24.6 Å². The van der Waals surface area contributed by atoms with Crippen molar-refractivity contribution in [2.45, 2.75) is 17.1 Å². The first-order chi connectivity index (χ1) is 14.2. The molecule has 0 saturated heterocycles. The molecule has 1 aromatic heterocycles. The molecule has 5 heteroatoms. The van der Waals surface area contributed by atoms with Crippen molar-refractivity contribution in [1.29, 1.82) is 0 Å². The van der Waals surface area contributed by atoms with Gasteiger partial charge in [0.25, 0.3) is 0 Å². The number of hydrogen-bond acceptors (Lipinski definition) is 4. The Morgan fingerprint density at radius 3 is 2.28 bits per heavy atom. The van der Waals surface area contributed by atoms with E-state index in [0.717, 1.165) is 21.7 Å². The Hall–Kier alpha value is -2.89. The fourth-order valence-corrected chi connectivity index (χ4v) is 4.66. The predicted octanol–water partition coefficient (Wildman–Crippen LogP) is 6.59. The molecule has 1 unspecified atom stereocenters. The van der Waals surface area contributed by atoms with Crippen LogP contribution in [0.2, 0.25) is 0 Å². The lowest BCUT2D eigenvalue weighted by Gasteiger charge is -2.16. The van der Waals surface area contributed by atoms with Crippen LogP contribution in [-0.2, 0) is 4.79 Å². The molecule has 1 atom stereocenters. The quantitative estimate of drug-likeness (QED) is 0.361. The van der Waals surface area contributed by atoms with Gasteiger partial charge in [0.2, 0.25) is 5.91 Å². The van der Waals surface area contributed by atoms with E-state index in [2.05, 4.69) is 29.4 Å². The molecule has 0 bridgehead atoms. The van der Waals surface area contributed by atoms with E-state index >= 15 is 0 Å². The summed E-state index contributed by atoms with van der Waals surface area (Å²) in [4.78, 5) is 18.8. The third kappa shape index (κ3) is 4.94. The Kier molecular flexibility index (Phi) is 6.08. The number of carbonyl (C=O) groups excluding carboxylic acids is 1. The number of hydrogen-bond donors (Lipinski definition) is 1. The Morgan fingerprint density at radius 1 is 0.931 bits per heavy atom. The molecule has 0 radical (unpaired) electrons. The molecule has 0 spiro atoms. The molecule has 0 aliphatic rings. The first-order valence-corrected chi connectivity index (χ1v) is 11.0. The van der Waals surface area contributed by atoms with E-state index in [9.17, 15) is 4.79 Å². The Bertz CT molecular complexity index is 1080. The van der Waals surface area contributed by atoms with E-state index in [4.69, 9.17) is 0 Å². The lowest BCUT2D eigenvalue weighted by molar-refractivity contribution is -0.115. The van der Waals surface area contributed by atoms with Gasteiger partial charge in [-0.25, -0.2) is 4.98 Å². The molecule has 1 N–H and O–H groups in total. The van der Waals surface area contributed by atoms with Crippen molar-refractivity contribution in [3.05, 3.63) is 101 Å². The number of thiazole rings is 1. The van der Waals surface area contributed by atoms with Crippen molar-refractivity contribution in [3.8, 4) is 11.3 Å². The Labute approximate surface area is 178 Å². The highest BCUT2D eigenvalue weighted by Crippen LogP contribution is 2.36. The van der Waals surface area contributed by atoms with Crippen LogP contribution in [0.15, 0.2) is 95.2 Å². The molecule has 0 fully saturated rings. The summed E-state index contributed by atoms with van der Waals surface area (Å²) < 4.78 is 0. The minimum absolute atomic E-state index is 0.0742. The zero-order valence-electron chi connectivity index (χ0n) is 15.9. The van der Waals surface area contributed by atoms with Crippen LogP contribution in [0, 0.1) is 6.92 Å². The second-order valence-corrected chi connectivity index (χ2v) is 8.65. The SMILES string of the molecule is Cc1ccc(-c2csc(NC(=O)C(Sc3ccccc3)c3ccccc3)n2)cc1. The maximum absolute atomic E-state index is 13.1. The molecule has 1 amide bonds. The van der Waals surface area contributed by atoms with Crippen molar-refractivity contribution < 1.29 is 4.79 Å². The van der Waals surface area contributed by atoms with Crippen molar-refractivity contribution >= 4 is 34.1 Å². The molecule has 3 nitrogen and oxygen atoms in total. The molecule has 1 heterocycles. The third-order valence-corrected chi connectivity index (χ3v) is 6.44. The number of aromatic nitrogens is 1. The number of rotatable bonds is 6. The van der Waals surface area contributed by atoms with Gasteiger partial charge in [0, 0.05) is 15.8 Å². The Morgan fingerprint density at radius 2 is 1.59 bits per heavy atom. The van der Waals surface area contributed by atoms with Crippen LogP contribution in [0.5, 0.6) is 0 Å². The molecule has 29 heavy (non-hydrogen) atoms. The van der Waals surface area contributed by atoms with Crippen LogP contribution in [0.4, 0.5) is 5.13 Å². The van der Waals surface area contributed by atoms with E-state index in [1.807, 2.05) is 78.2 Å². The summed E-state index contributed by atoms with van der Waals surface area (Å²) in [6.45, 7) is 2.06. The summed E-state index contributed by atoms with van der Waals surface area (Å²) in [5.41, 5.74) is 4.10. The standard InChI is InChI=1S/C24H20N2OS2/c1-17-12-14-18(15-13-17)21-16-28-24(25-21)26-23(27)22(19-8-4-2-5-9-19)29-20-10-6-3-7-11-20/h2-16,22H,1H3,(H,25,26,27). The van der Waals surface area contributed by atoms with Crippen LogP contribution in [0.25, 0.3) is 11.3 Å². The number of carbonyl (C=O) groups is 1. The first-order valence-electron chi connectivity index (χ1n) is 9.29. The molecule has 3 aromatic carbocycles. The summed E-state index contributed by atoms with van der Waals surface area (Å²) in [6, 6.07) is 28.1. The van der Waals surface area contributed by atoms with Crippen LogP contribution in [0.3, 0.4) is 0 Å². The summed E-state index contributed by atoms with van der Waals surface area (Å²) in [6.07, 6.45) is 0. The van der Waals surface area contributed by atoms with E-state index < -0.39 is 0 Å². The molecular weight excluding hydrogens is 396 g/mol. The normalized spacial score (nSPS) is 11.8. The summed E-state index contributed by atoms with van der Waals surface area (Å²) >= 11 is 2.98. The van der Waals surface area contributed by atoms with Gasteiger partial charge in [-0.15, -0.1) is 23.1 Å². The van der Waals surface area contributed by atoms with Gasteiger partial charge in [-0.2, -0.15) is 0 Å². The maximum atomic E-state index is 13.1. The lowest BCUT2D eigenvalue weighted by atomic mass is 10.1. The zero-order valence-corrected chi connectivity index (χ0v) is 17.5. The fourth-order valence-electron chi connectivity index (χ4n) is 2.89. The monoisotopic (exact) mass is 416 g/mol. The van der Waals surface area contributed by atoms with E-state index in [-0.39, 0.29) is 11.2 Å². The van der Waals surface area contributed by atoms with Gasteiger partial charge in [-0.3, -0.25) is 4.79 Å². The van der Waals surface area contributed by atoms with E-state index in [1.165, 1.54) is 28.7 Å². The van der Waals surface area contributed by atoms with Crippen molar-refractivity contribution in [2.24, 2.45) is 0 Å². The highest BCUT2D eigenvalue weighted by molar-refractivity contribution is 8.00. The van der Waals surface area contributed by atoms with Crippen LogP contribution >= 0.6 is 23.1 Å². The molecular formula is C24H20N2OS2. The maximum Gasteiger partial charge on any atom is 0.244 e. The van der Waals surface area contributed by atoms with Crippen LogP contribution in [-0.4, -0.2) is 10.9 Å². The number of amides is 1. The minimum atomic E-state index is -0.356. The van der Waals surface area contributed by atoms with Crippen molar-refractivity contribution in [3.63, 3.8) is 0 Å². The van der Waals surface area contributed by atoms with Gasteiger partial charge >= 0.3 is 0 Å². The average Bonchev–Trinajstić information content (AvgIpc) is 3.22. The number of nitrogens with one attached hydrogen (secondary N) is 1. The van der Waals surface area contributed by atoms with Gasteiger partial charge in [0.1, 0.15) is 5.25 Å². The molecule has 0 aliphatic heterocycles. The highest BCUT2D eigenvalue weighted by Gasteiger charge is 2.23. The topological polar surface area (TPSA) is 42.0 Å². The minimum Gasteiger partial charge on any atom is -0.301 e. The fraction of sp³-hybridized carbons (Fsp3) is 0.0833. The van der Waals surface area contributed by atoms with Gasteiger partial charge < -0.3 is 5.32 Å². The number of nitrogens with zero attached hydrogens (tertiary/aromatic N) is 1. The second kappa shape index (κ2) is 9.07. The van der Waals surface area contributed by atoms with Crippen molar-refractivity contribution in [1.82, 2.24) is 4.98 Å². The Balaban J connectivity index is 1.54. The predicted molar refractivity (Wildman–Crippen MR) is 122 cm³/mol. The van der Waals surface area contributed by atoms with Crippen LogP contribution in [0.1, 0.15) is 16.4 Å². The number of aryl methyl sites for hydroxylation is 1. The molecule has 4 aromatic rings. The van der Waals surface area contributed by atoms with Crippen LogP contribution < -0.4 is 5.32 Å². The van der Waals surface area contributed by atoms with Crippen molar-refractivity contribution in [2.75, 3.05) is 5.32 Å². The summed E-state index contributed by atoms with van der Waals surface area (Å²) in [5, 5.41) is 5.24. The second-order valence-electron chi connectivity index (χ2n) is 6.61. The largest absolute Gasteiger partial charge is 0.301 e. The molecule has 0 aliphatic carbocycles. The molecule has 4 rings (SSSR count). The molecule has 144 valence electrons. The van der Waals surface area contributed by atoms with E-state index in [1.54, 1.807) is 0 Å². The smallest absolute Gasteiger partial charge is 0.244 e. The lowest BCUT2D eigenvalue weighted by Crippen LogP contribution is -2.18. The molecule has 0 saturated carbocycles. The number of benzene rings is 3. The number of thioether (sulfide) groups is 1. The summed E-state index contributed by atoms with van der Waals surface area (Å²) in [5.74, 6) is -0.0742. The van der Waals surface area contributed by atoms with E-state index in [0.29, 0.717) is 5.13 Å².